The van der Waals surface area contributed by atoms with Gasteiger partial charge in [-0.2, -0.15) is 0 Å². The van der Waals surface area contributed by atoms with Gasteiger partial charge < -0.3 is 9.47 Å². The van der Waals surface area contributed by atoms with Gasteiger partial charge in [0.2, 0.25) is 6.29 Å². The summed E-state index contributed by atoms with van der Waals surface area (Å²) in [6.45, 7) is 4.52. The summed E-state index contributed by atoms with van der Waals surface area (Å²) in [4.78, 5) is 0. The van der Waals surface area contributed by atoms with Crippen LogP contribution < -0.4 is 0 Å². The lowest BCUT2D eigenvalue weighted by atomic mass is 10.3. The predicted octanol–water partition coefficient (Wildman–Crippen LogP) is 2.62. The molecule has 0 aliphatic carbocycles. The second-order valence-electron chi connectivity index (χ2n) is 3.93. The number of rotatable bonds is 6. The fraction of sp³-hybridized carbons (Fsp3) is 0.385. The molecule has 0 aliphatic heterocycles. The summed E-state index contributed by atoms with van der Waals surface area (Å²) >= 11 is 0. The molecular weight excluding hydrogens is 268 g/mol. The van der Waals surface area contributed by atoms with Crippen molar-refractivity contribution in [3.63, 3.8) is 0 Å². The second kappa shape index (κ2) is 6.53. The average Bonchev–Trinajstić information content (AvgIpc) is 2.91. The average molecular weight is 283 g/mol. The van der Waals surface area contributed by atoms with E-state index in [-0.39, 0.29) is 5.69 Å². The number of benzene rings is 1. The first kappa shape index (κ1) is 14.5. The van der Waals surface area contributed by atoms with Crippen molar-refractivity contribution in [2.24, 2.45) is 0 Å². The molecule has 2 aromatic rings. The van der Waals surface area contributed by atoms with Crippen molar-refractivity contribution in [3.8, 4) is 5.69 Å². The Kier molecular flexibility index (Phi) is 4.75. The molecule has 0 bridgehead atoms. The van der Waals surface area contributed by atoms with E-state index in [9.17, 15) is 8.78 Å². The summed E-state index contributed by atoms with van der Waals surface area (Å²) in [6, 6.07) is 3.12. The fourth-order valence-electron chi connectivity index (χ4n) is 1.69. The van der Waals surface area contributed by atoms with Crippen LogP contribution in [0.2, 0.25) is 0 Å². The van der Waals surface area contributed by atoms with Gasteiger partial charge in [0.1, 0.15) is 23.0 Å². The molecule has 0 fully saturated rings. The first-order valence-electron chi connectivity index (χ1n) is 6.26. The molecule has 0 amide bonds. The summed E-state index contributed by atoms with van der Waals surface area (Å²) < 4.78 is 38.7. The molecular formula is C13H15F2N3O2. The van der Waals surface area contributed by atoms with Crippen molar-refractivity contribution in [1.29, 1.82) is 0 Å². The van der Waals surface area contributed by atoms with Gasteiger partial charge in [0.05, 0.1) is 6.20 Å². The van der Waals surface area contributed by atoms with Crippen molar-refractivity contribution in [2.45, 2.75) is 20.1 Å². The molecule has 0 spiro atoms. The smallest absolute Gasteiger partial charge is 0.204 e. The number of hydrogen-bond donors (Lipinski definition) is 0. The molecule has 1 heterocycles. The van der Waals surface area contributed by atoms with Gasteiger partial charge in [-0.15, -0.1) is 5.10 Å². The zero-order valence-corrected chi connectivity index (χ0v) is 11.2. The normalized spacial score (nSPS) is 11.2. The number of ether oxygens (including phenoxy) is 2. The van der Waals surface area contributed by atoms with Crippen LogP contribution in [-0.4, -0.2) is 28.2 Å². The lowest BCUT2D eigenvalue weighted by molar-refractivity contribution is -0.142. The Labute approximate surface area is 115 Å². The van der Waals surface area contributed by atoms with E-state index >= 15 is 0 Å². The third-order valence-electron chi connectivity index (χ3n) is 2.54. The standard InChI is InChI=1S/C13H15F2N3O2/c1-3-19-13(20-4-2)11-8-18(17-16-11)12-7-9(14)5-6-10(12)15/h5-8,13H,3-4H2,1-2H3. The highest BCUT2D eigenvalue weighted by molar-refractivity contribution is 5.33. The summed E-state index contributed by atoms with van der Waals surface area (Å²) in [6.07, 6.45) is 0.781. The maximum Gasteiger partial charge on any atom is 0.204 e. The van der Waals surface area contributed by atoms with Gasteiger partial charge in [-0.25, -0.2) is 13.5 Å². The monoisotopic (exact) mass is 283 g/mol. The molecule has 0 N–H and O–H groups in total. The highest BCUT2D eigenvalue weighted by Gasteiger charge is 2.17. The molecule has 7 heteroatoms. The van der Waals surface area contributed by atoms with Gasteiger partial charge >= 0.3 is 0 Å². The number of hydrogen-bond acceptors (Lipinski definition) is 4. The van der Waals surface area contributed by atoms with E-state index in [2.05, 4.69) is 10.3 Å². The molecule has 1 aromatic carbocycles. The van der Waals surface area contributed by atoms with Crippen molar-refractivity contribution < 1.29 is 18.3 Å². The zero-order chi connectivity index (χ0) is 14.5. The van der Waals surface area contributed by atoms with Crippen molar-refractivity contribution in [1.82, 2.24) is 15.0 Å². The van der Waals surface area contributed by atoms with E-state index in [1.165, 1.54) is 6.20 Å². The third-order valence-corrected chi connectivity index (χ3v) is 2.54. The Morgan fingerprint density at radius 3 is 2.55 bits per heavy atom. The minimum absolute atomic E-state index is 0.0181. The molecule has 0 saturated carbocycles. The van der Waals surface area contributed by atoms with Gasteiger partial charge in [0.15, 0.2) is 0 Å². The number of nitrogens with zero attached hydrogens (tertiary/aromatic N) is 3. The van der Waals surface area contributed by atoms with Crippen LogP contribution in [0.3, 0.4) is 0 Å². The molecule has 0 saturated heterocycles. The van der Waals surface area contributed by atoms with Crippen LogP contribution in [0, 0.1) is 11.6 Å². The maximum atomic E-state index is 13.6. The number of aromatic nitrogens is 3. The molecule has 0 atom stereocenters. The molecule has 20 heavy (non-hydrogen) atoms. The minimum atomic E-state index is -0.671. The van der Waals surface area contributed by atoms with E-state index < -0.39 is 17.9 Å². The fourth-order valence-corrected chi connectivity index (χ4v) is 1.69. The van der Waals surface area contributed by atoms with Crippen LogP contribution in [0.4, 0.5) is 8.78 Å². The molecule has 108 valence electrons. The Hall–Kier alpha value is -1.86. The maximum absolute atomic E-state index is 13.6. The first-order valence-corrected chi connectivity index (χ1v) is 6.26. The van der Waals surface area contributed by atoms with Crippen molar-refractivity contribution >= 4 is 0 Å². The topological polar surface area (TPSA) is 49.2 Å². The molecule has 5 nitrogen and oxygen atoms in total. The van der Waals surface area contributed by atoms with E-state index in [1.807, 2.05) is 13.8 Å². The van der Waals surface area contributed by atoms with Crippen LogP contribution in [0.25, 0.3) is 5.69 Å². The predicted molar refractivity (Wildman–Crippen MR) is 67.3 cm³/mol. The van der Waals surface area contributed by atoms with Crippen LogP contribution in [0.5, 0.6) is 0 Å². The summed E-state index contributed by atoms with van der Waals surface area (Å²) in [5.41, 5.74) is 0.382. The van der Waals surface area contributed by atoms with Crippen molar-refractivity contribution in [3.05, 3.63) is 41.7 Å². The van der Waals surface area contributed by atoms with Gasteiger partial charge in [0.25, 0.3) is 0 Å². The van der Waals surface area contributed by atoms with E-state index in [0.717, 1.165) is 22.9 Å². The highest BCUT2D eigenvalue weighted by Crippen LogP contribution is 2.19. The molecule has 2 rings (SSSR count). The van der Waals surface area contributed by atoms with Crippen LogP contribution in [0.15, 0.2) is 24.4 Å². The van der Waals surface area contributed by atoms with Crippen LogP contribution in [-0.2, 0) is 9.47 Å². The van der Waals surface area contributed by atoms with Crippen LogP contribution in [0.1, 0.15) is 25.8 Å². The lowest BCUT2D eigenvalue weighted by Crippen LogP contribution is -2.09. The zero-order valence-electron chi connectivity index (χ0n) is 11.2. The molecule has 0 unspecified atom stereocenters. The lowest BCUT2D eigenvalue weighted by Gasteiger charge is -2.13. The van der Waals surface area contributed by atoms with Gasteiger partial charge in [-0.1, -0.05) is 5.21 Å². The molecule has 1 aromatic heterocycles. The SMILES string of the molecule is CCOC(OCC)c1cn(-c2cc(F)ccc2F)nn1. The summed E-state index contributed by atoms with van der Waals surface area (Å²) in [5.74, 6) is -1.14. The van der Waals surface area contributed by atoms with Gasteiger partial charge in [-0.05, 0) is 26.0 Å². The molecule has 0 aliphatic rings. The number of halogens is 2. The summed E-state index contributed by atoms with van der Waals surface area (Å²) in [5, 5.41) is 7.65. The van der Waals surface area contributed by atoms with E-state index in [4.69, 9.17) is 9.47 Å². The second-order valence-corrected chi connectivity index (χ2v) is 3.93. The molecule has 0 radical (unpaired) electrons. The highest BCUT2D eigenvalue weighted by atomic mass is 19.1. The van der Waals surface area contributed by atoms with Gasteiger partial charge in [-0.3, -0.25) is 0 Å². The third kappa shape index (κ3) is 3.17. The Bertz CT molecular complexity index is 568. The summed E-state index contributed by atoms with van der Waals surface area (Å²) in [7, 11) is 0. The van der Waals surface area contributed by atoms with E-state index in [0.29, 0.717) is 18.9 Å². The van der Waals surface area contributed by atoms with Crippen LogP contribution >= 0.6 is 0 Å². The Morgan fingerprint density at radius 1 is 1.20 bits per heavy atom. The van der Waals surface area contributed by atoms with Gasteiger partial charge in [0, 0.05) is 19.3 Å². The minimum Gasteiger partial charge on any atom is -0.347 e. The first-order chi connectivity index (χ1) is 9.65. The Morgan fingerprint density at radius 2 is 1.90 bits per heavy atom. The Balaban J connectivity index is 2.29. The van der Waals surface area contributed by atoms with Crippen molar-refractivity contribution in [2.75, 3.05) is 13.2 Å². The largest absolute Gasteiger partial charge is 0.347 e. The van der Waals surface area contributed by atoms with E-state index in [1.54, 1.807) is 0 Å². The quantitative estimate of drug-likeness (QED) is 0.765.